The molecular weight excluding hydrogens is 260 g/mol. The van der Waals surface area contributed by atoms with Crippen molar-refractivity contribution in [3.63, 3.8) is 0 Å². The van der Waals surface area contributed by atoms with Crippen molar-refractivity contribution in [1.29, 1.82) is 0 Å². The van der Waals surface area contributed by atoms with Crippen LogP contribution >= 0.6 is 0 Å². The first-order chi connectivity index (χ1) is 8.99. The molecule has 1 aliphatic carbocycles. The Bertz CT molecular complexity index is 522. The second-order valence-corrected chi connectivity index (χ2v) is 7.24. The Labute approximate surface area is 115 Å². The summed E-state index contributed by atoms with van der Waals surface area (Å²) in [5.74, 6) is 0.298. The average Bonchev–Trinajstić information content (AvgIpc) is 3.18. The van der Waals surface area contributed by atoms with Gasteiger partial charge in [-0.05, 0) is 30.4 Å². The summed E-state index contributed by atoms with van der Waals surface area (Å²) in [5, 5.41) is 3.36. The van der Waals surface area contributed by atoms with E-state index in [1.165, 1.54) is 12.8 Å². The van der Waals surface area contributed by atoms with E-state index in [0.717, 1.165) is 5.56 Å². The van der Waals surface area contributed by atoms with E-state index in [-0.39, 0.29) is 0 Å². The lowest BCUT2D eigenvalue weighted by atomic mass is 10.2. The zero-order valence-corrected chi connectivity index (χ0v) is 12.3. The van der Waals surface area contributed by atoms with Crippen molar-refractivity contribution in [3.8, 4) is 0 Å². The van der Waals surface area contributed by atoms with Gasteiger partial charge < -0.3 is 5.32 Å². The van der Waals surface area contributed by atoms with Crippen LogP contribution in [-0.4, -0.2) is 21.0 Å². The Morgan fingerprint density at radius 1 is 1.26 bits per heavy atom. The summed E-state index contributed by atoms with van der Waals surface area (Å²) in [7, 11) is -3.40. The highest BCUT2D eigenvalue weighted by atomic mass is 32.2. The van der Waals surface area contributed by atoms with E-state index < -0.39 is 10.0 Å². The second kappa shape index (κ2) is 6.03. The van der Waals surface area contributed by atoms with Crippen LogP contribution in [0.1, 0.15) is 32.3 Å². The summed E-state index contributed by atoms with van der Waals surface area (Å²) < 4.78 is 27.2. The third-order valence-electron chi connectivity index (χ3n) is 3.10. The fourth-order valence-electron chi connectivity index (χ4n) is 1.81. The molecule has 0 bridgehead atoms. The minimum atomic E-state index is -3.40. The molecule has 5 heteroatoms. The first kappa shape index (κ1) is 14.5. The van der Waals surface area contributed by atoms with Gasteiger partial charge in [0.25, 0.3) is 0 Å². The SMILES string of the molecule is CC(C)CNS(=O)(=O)c1ccccc1CNC1CC1. The molecule has 19 heavy (non-hydrogen) atoms. The summed E-state index contributed by atoms with van der Waals surface area (Å²) in [6.45, 7) is 5.06. The molecule has 0 aromatic heterocycles. The molecule has 0 radical (unpaired) electrons. The van der Waals surface area contributed by atoms with Crippen LogP contribution in [0.3, 0.4) is 0 Å². The maximum Gasteiger partial charge on any atom is 0.240 e. The predicted octanol–water partition coefficient (Wildman–Crippen LogP) is 1.87. The van der Waals surface area contributed by atoms with Gasteiger partial charge >= 0.3 is 0 Å². The number of hydrogen-bond acceptors (Lipinski definition) is 3. The lowest BCUT2D eigenvalue weighted by Gasteiger charge is -2.13. The lowest BCUT2D eigenvalue weighted by molar-refractivity contribution is 0.558. The minimum absolute atomic E-state index is 0.298. The second-order valence-electron chi connectivity index (χ2n) is 5.51. The zero-order valence-electron chi connectivity index (χ0n) is 11.5. The summed E-state index contributed by atoms with van der Waals surface area (Å²) in [4.78, 5) is 0.392. The monoisotopic (exact) mass is 282 g/mol. The van der Waals surface area contributed by atoms with Crippen molar-refractivity contribution in [1.82, 2.24) is 10.0 Å². The Balaban J connectivity index is 2.12. The Morgan fingerprint density at radius 3 is 2.58 bits per heavy atom. The van der Waals surface area contributed by atoms with Crippen LogP contribution in [0, 0.1) is 5.92 Å². The summed E-state index contributed by atoms with van der Waals surface area (Å²) in [5.41, 5.74) is 0.839. The summed E-state index contributed by atoms with van der Waals surface area (Å²) in [6, 6.07) is 7.77. The first-order valence-electron chi connectivity index (χ1n) is 6.80. The van der Waals surface area contributed by atoms with E-state index in [4.69, 9.17) is 0 Å². The fourth-order valence-corrected chi connectivity index (χ4v) is 3.26. The van der Waals surface area contributed by atoms with E-state index in [9.17, 15) is 8.42 Å². The molecule has 0 saturated heterocycles. The van der Waals surface area contributed by atoms with Gasteiger partial charge in [0.05, 0.1) is 4.90 Å². The standard InChI is InChI=1S/C14H22N2O2S/c1-11(2)9-16-19(17,18)14-6-4-3-5-12(14)10-15-13-7-8-13/h3-6,11,13,15-16H,7-10H2,1-2H3. The molecule has 0 spiro atoms. The van der Waals surface area contributed by atoms with Gasteiger partial charge in [-0.2, -0.15) is 0 Å². The predicted molar refractivity (Wildman–Crippen MR) is 76.3 cm³/mol. The van der Waals surface area contributed by atoms with Gasteiger partial charge in [0.1, 0.15) is 0 Å². The van der Waals surface area contributed by atoms with Crippen molar-refractivity contribution < 1.29 is 8.42 Å². The smallest absolute Gasteiger partial charge is 0.240 e. The summed E-state index contributed by atoms with van der Waals surface area (Å²) in [6.07, 6.45) is 2.39. The van der Waals surface area contributed by atoms with Gasteiger partial charge in [-0.15, -0.1) is 0 Å². The molecule has 2 rings (SSSR count). The van der Waals surface area contributed by atoms with Gasteiger partial charge in [-0.25, -0.2) is 13.1 Å². The van der Waals surface area contributed by atoms with E-state index in [2.05, 4.69) is 10.0 Å². The maximum absolute atomic E-state index is 12.3. The Kier molecular flexibility index (Phi) is 4.60. The number of nitrogens with one attached hydrogen (secondary N) is 2. The Morgan fingerprint density at radius 2 is 1.95 bits per heavy atom. The molecule has 1 aliphatic rings. The molecule has 0 amide bonds. The van der Waals surface area contributed by atoms with Crippen LogP contribution in [0.15, 0.2) is 29.2 Å². The normalized spacial score (nSPS) is 15.9. The molecule has 106 valence electrons. The van der Waals surface area contributed by atoms with E-state index >= 15 is 0 Å². The largest absolute Gasteiger partial charge is 0.310 e. The lowest BCUT2D eigenvalue weighted by Crippen LogP contribution is -2.29. The topological polar surface area (TPSA) is 58.2 Å². The number of hydrogen-bond donors (Lipinski definition) is 2. The van der Waals surface area contributed by atoms with E-state index in [1.807, 2.05) is 26.0 Å². The quantitative estimate of drug-likeness (QED) is 0.802. The van der Waals surface area contributed by atoms with Crippen LogP contribution in [0.2, 0.25) is 0 Å². The molecule has 0 heterocycles. The molecule has 2 N–H and O–H groups in total. The highest BCUT2D eigenvalue weighted by molar-refractivity contribution is 7.89. The molecule has 4 nitrogen and oxygen atoms in total. The van der Waals surface area contributed by atoms with E-state index in [0.29, 0.717) is 29.9 Å². The molecular formula is C14H22N2O2S. The highest BCUT2D eigenvalue weighted by Crippen LogP contribution is 2.21. The number of benzene rings is 1. The molecule has 0 unspecified atom stereocenters. The van der Waals surface area contributed by atoms with Crippen molar-refractivity contribution in [2.24, 2.45) is 5.92 Å². The summed E-state index contributed by atoms with van der Waals surface area (Å²) >= 11 is 0. The zero-order chi connectivity index (χ0) is 13.9. The van der Waals surface area contributed by atoms with Crippen LogP contribution in [0.25, 0.3) is 0 Å². The van der Waals surface area contributed by atoms with Crippen molar-refractivity contribution in [2.75, 3.05) is 6.54 Å². The highest BCUT2D eigenvalue weighted by Gasteiger charge is 2.22. The third kappa shape index (κ3) is 4.30. The molecule has 1 saturated carbocycles. The third-order valence-corrected chi connectivity index (χ3v) is 4.63. The van der Waals surface area contributed by atoms with Crippen molar-refractivity contribution in [3.05, 3.63) is 29.8 Å². The van der Waals surface area contributed by atoms with E-state index in [1.54, 1.807) is 12.1 Å². The van der Waals surface area contributed by atoms with Crippen LogP contribution in [-0.2, 0) is 16.6 Å². The van der Waals surface area contributed by atoms with Gasteiger partial charge in [0.15, 0.2) is 0 Å². The molecule has 1 aromatic rings. The van der Waals surface area contributed by atoms with Crippen LogP contribution in [0.5, 0.6) is 0 Å². The van der Waals surface area contributed by atoms with Gasteiger partial charge in [-0.1, -0.05) is 32.0 Å². The fraction of sp³-hybridized carbons (Fsp3) is 0.571. The van der Waals surface area contributed by atoms with Crippen molar-refractivity contribution in [2.45, 2.75) is 44.2 Å². The Hall–Kier alpha value is -0.910. The van der Waals surface area contributed by atoms with Gasteiger partial charge in [0.2, 0.25) is 10.0 Å². The number of sulfonamides is 1. The minimum Gasteiger partial charge on any atom is -0.310 e. The van der Waals surface area contributed by atoms with Crippen LogP contribution in [0.4, 0.5) is 0 Å². The average molecular weight is 282 g/mol. The number of rotatable bonds is 7. The molecule has 0 aliphatic heterocycles. The molecule has 1 fully saturated rings. The maximum atomic E-state index is 12.3. The van der Waals surface area contributed by atoms with Gasteiger partial charge in [-0.3, -0.25) is 0 Å². The van der Waals surface area contributed by atoms with Gasteiger partial charge in [0, 0.05) is 19.1 Å². The molecule has 1 aromatic carbocycles. The van der Waals surface area contributed by atoms with Crippen molar-refractivity contribution >= 4 is 10.0 Å². The molecule has 0 atom stereocenters. The first-order valence-corrected chi connectivity index (χ1v) is 8.28. The van der Waals surface area contributed by atoms with Crippen LogP contribution < -0.4 is 10.0 Å².